The van der Waals surface area contributed by atoms with E-state index in [2.05, 4.69) is 34.3 Å². The van der Waals surface area contributed by atoms with E-state index >= 15 is 0 Å². The van der Waals surface area contributed by atoms with Crippen LogP contribution >= 0.6 is 0 Å². The Kier molecular flexibility index (Phi) is 5.28. The fourth-order valence-electron chi connectivity index (χ4n) is 4.50. The Morgan fingerprint density at radius 1 is 1.15 bits per heavy atom. The predicted octanol–water partition coefficient (Wildman–Crippen LogP) is 4.39. The lowest BCUT2D eigenvalue weighted by molar-refractivity contribution is 0.0924. The number of aromatic amines is 2. The summed E-state index contributed by atoms with van der Waals surface area (Å²) in [5.41, 5.74) is 5.99. The minimum atomic E-state index is -0.243. The van der Waals surface area contributed by atoms with Gasteiger partial charge in [-0.05, 0) is 42.2 Å². The third-order valence-electron chi connectivity index (χ3n) is 6.08. The second kappa shape index (κ2) is 8.27. The highest BCUT2D eigenvalue weighted by molar-refractivity contribution is 5.97. The van der Waals surface area contributed by atoms with Gasteiger partial charge in [0.05, 0.1) is 37.0 Å². The number of fused-ring (bicyclic) bond motifs is 4. The molecule has 0 saturated heterocycles. The molecule has 3 N–H and O–H groups in total. The van der Waals surface area contributed by atoms with E-state index in [0.29, 0.717) is 29.5 Å². The highest BCUT2D eigenvalue weighted by atomic mass is 16.5. The SMILES string of the molecule is COc1cc2c(cc1OC)-c1n[nH]c(C(=O)NC(CC(C)C)c3nc4ccccc4[nH]3)c1C2. The van der Waals surface area contributed by atoms with Crippen molar-refractivity contribution in [2.45, 2.75) is 32.7 Å². The zero-order valence-corrected chi connectivity index (χ0v) is 19.2. The number of benzene rings is 2. The first kappa shape index (κ1) is 21.1. The molecule has 1 aliphatic rings. The van der Waals surface area contributed by atoms with Crippen molar-refractivity contribution in [3.8, 4) is 22.8 Å². The Balaban J connectivity index is 1.44. The molecule has 1 unspecified atom stereocenters. The molecule has 2 heterocycles. The molecule has 1 aliphatic carbocycles. The largest absolute Gasteiger partial charge is 0.493 e. The second-order valence-electron chi connectivity index (χ2n) is 8.76. The number of carbonyl (C=O) groups is 1. The lowest BCUT2D eigenvalue weighted by atomic mass is 10.0. The molecule has 0 saturated carbocycles. The van der Waals surface area contributed by atoms with E-state index in [9.17, 15) is 4.79 Å². The van der Waals surface area contributed by atoms with Crippen molar-refractivity contribution >= 4 is 16.9 Å². The summed E-state index contributed by atoms with van der Waals surface area (Å²) in [4.78, 5) is 21.5. The number of nitrogens with one attached hydrogen (secondary N) is 3. The Hall–Kier alpha value is -3.81. The number of aromatic nitrogens is 4. The van der Waals surface area contributed by atoms with Crippen molar-refractivity contribution < 1.29 is 14.3 Å². The van der Waals surface area contributed by atoms with Gasteiger partial charge in [-0.25, -0.2) is 4.98 Å². The van der Waals surface area contributed by atoms with E-state index in [-0.39, 0.29) is 11.9 Å². The van der Waals surface area contributed by atoms with Crippen LogP contribution in [0.25, 0.3) is 22.3 Å². The van der Waals surface area contributed by atoms with Crippen molar-refractivity contribution in [3.05, 3.63) is 59.0 Å². The summed E-state index contributed by atoms with van der Waals surface area (Å²) >= 11 is 0. The van der Waals surface area contributed by atoms with Gasteiger partial charge < -0.3 is 19.8 Å². The number of imidazole rings is 1. The quantitative estimate of drug-likeness (QED) is 0.345. The number of hydrogen-bond donors (Lipinski definition) is 3. The van der Waals surface area contributed by atoms with Crippen LogP contribution in [0.15, 0.2) is 36.4 Å². The van der Waals surface area contributed by atoms with Gasteiger partial charge in [0.15, 0.2) is 11.5 Å². The Morgan fingerprint density at radius 2 is 1.91 bits per heavy atom. The molecule has 0 fully saturated rings. The number of carbonyl (C=O) groups excluding carboxylic acids is 1. The summed E-state index contributed by atoms with van der Waals surface area (Å²) in [5, 5.41) is 10.6. The molecule has 8 heteroatoms. The number of ether oxygens (including phenoxy) is 2. The zero-order chi connectivity index (χ0) is 23.1. The van der Waals surface area contributed by atoms with Crippen LogP contribution in [0.1, 0.15) is 53.7 Å². The average molecular weight is 446 g/mol. The Morgan fingerprint density at radius 3 is 2.64 bits per heavy atom. The first-order valence-corrected chi connectivity index (χ1v) is 11.1. The van der Waals surface area contributed by atoms with Gasteiger partial charge in [0.2, 0.25) is 0 Å². The molecule has 1 atom stereocenters. The summed E-state index contributed by atoms with van der Waals surface area (Å²) in [6.07, 6.45) is 1.36. The van der Waals surface area contributed by atoms with Crippen molar-refractivity contribution in [1.82, 2.24) is 25.5 Å². The van der Waals surface area contributed by atoms with Crippen LogP contribution < -0.4 is 14.8 Å². The summed E-state index contributed by atoms with van der Waals surface area (Å²) in [5.74, 6) is 2.24. The Labute approximate surface area is 191 Å². The monoisotopic (exact) mass is 445 g/mol. The molecule has 5 rings (SSSR count). The van der Waals surface area contributed by atoms with Gasteiger partial charge in [-0.1, -0.05) is 26.0 Å². The van der Waals surface area contributed by atoms with Crippen molar-refractivity contribution in [3.63, 3.8) is 0 Å². The maximum atomic E-state index is 13.4. The van der Waals surface area contributed by atoms with E-state index in [1.807, 2.05) is 36.4 Å². The number of nitrogens with zero attached hydrogens (tertiary/aromatic N) is 2. The van der Waals surface area contributed by atoms with E-state index in [1.54, 1.807) is 14.2 Å². The molecule has 0 radical (unpaired) electrons. The van der Waals surface area contributed by atoms with Crippen LogP contribution in [0, 0.1) is 5.92 Å². The van der Waals surface area contributed by atoms with Crippen LogP contribution in [-0.4, -0.2) is 40.3 Å². The minimum absolute atomic E-state index is 0.193. The molecule has 170 valence electrons. The lowest BCUT2D eigenvalue weighted by Crippen LogP contribution is -2.31. The number of amides is 1. The molecule has 8 nitrogen and oxygen atoms in total. The number of methoxy groups -OCH3 is 2. The molecule has 2 aromatic carbocycles. The van der Waals surface area contributed by atoms with Crippen LogP contribution in [0.5, 0.6) is 11.5 Å². The molecule has 4 aromatic rings. The van der Waals surface area contributed by atoms with Crippen LogP contribution in [0.3, 0.4) is 0 Å². The number of hydrogen-bond acceptors (Lipinski definition) is 5. The molecule has 0 aliphatic heterocycles. The van der Waals surface area contributed by atoms with E-state index in [4.69, 9.17) is 14.5 Å². The lowest BCUT2D eigenvalue weighted by Gasteiger charge is -2.18. The fraction of sp³-hybridized carbons (Fsp3) is 0.320. The fourth-order valence-corrected chi connectivity index (χ4v) is 4.50. The normalized spacial score (nSPS) is 13.1. The van der Waals surface area contributed by atoms with Gasteiger partial charge in [0.1, 0.15) is 11.5 Å². The second-order valence-corrected chi connectivity index (χ2v) is 8.76. The topological polar surface area (TPSA) is 105 Å². The van der Waals surface area contributed by atoms with Crippen molar-refractivity contribution in [1.29, 1.82) is 0 Å². The summed E-state index contributed by atoms with van der Waals surface area (Å²) in [6.45, 7) is 4.26. The third-order valence-corrected chi connectivity index (χ3v) is 6.08. The van der Waals surface area contributed by atoms with Gasteiger partial charge in [-0.2, -0.15) is 5.10 Å². The highest BCUT2D eigenvalue weighted by Gasteiger charge is 2.30. The molecule has 2 aromatic heterocycles. The van der Waals surface area contributed by atoms with E-state index in [0.717, 1.165) is 45.7 Å². The maximum Gasteiger partial charge on any atom is 0.270 e. The molecule has 0 spiro atoms. The zero-order valence-electron chi connectivity index (χ0n) is 19.2. The molecular weight excluding hydrogens is 418 g/mol. The smallest absolute Gasteiger partial charge is 0.270 e. The third kappa shape index (κ3) is 3.71. The van der Waals surface area contributed by atoms with Gasteiger partial charge in [0, 0.05) is 17.5 Å². The van der Waals surface area contributed by atoms with Crippen LogP contribution in [-0.2, 0) is 6.42 Å². The number of rotatable bonds is 7. The molecular formula is C25H27N5O3. The average Bonchev–Trinajstić information content (AvgIpc) is 3.50. The van der Waals surface area contributed by atoms with Crippen molar-refractivity contribution in [2.75, 3.05) is 14.2 Å². The van der Waals surface area contributed by atoms with Gasteiger partial charge in [0.25, 0.3) is 5.91 Å². The van der Waals surface area contributed by atoms with Crippen LogP contribution in [0.4, 0.5) is 0 Å². The summed E-state index contributed by atoms with van der Waals surface area (Å²) in [6, 6.07) is 11.5. The van der Waals surface area contributed by atoms with Gasteiger partial charge >= 0.3 is 0 Å². The van der Waals surface area contributed by atoms with Crippen molar-refractivity contribution in [2.24, 2.45) is 5.92 Å². The first-order valence-electron chi connectivity index (χ1n) is 11.1. The molecule has 0 bridgehead atoms. The van der Waals surface area contributed by atoms with E-state index < -0.39 is 0 Å². The molecule has 1 amide bonds. The molecule has 33 heavy (non-hydrogen) atoms. The Bertz CT molecular complexity index is 1300. The summed E-state index contributed by atoms with van der Waals surface area (Å²) < 4.78 is 10.9. The highest BCUT2D eigenvalue weighted by Crippen LogP contribution is 2.42. The number of H-pyrrole nitrogens is 2. The standard InChI is InChI=1S/C25H27N5O3/c1-13(2)9-19(24-26-17-7-5-6-8-18(17)27-24)28-25(31)23-16-10-14-11-20(32-3)21(33-4)12-15(14)22(16)29-30-23/h5-8,11-13,19H,9-10H2,1-4H3,(H,26,27)(H,28,31)(H,29,30). The van der Waals surface area contributed by atoms with Gasteiger partial charge in [-0.15, -0.1) is 0 Å². The first-order chi connectivity index (χ1) is 16.0. The summed E-state index contributed by atoms with van der Waals surface area (Å²) in [7, 11) is 3.22. The van der Waals surface area contributed by atoms with Crippen LogP contribution in [0.2, 0.25) is 0 Å². The predicted molar refractivity (Wildman–Crippen MR) is 126 cm³/mol. The van der Waals surface area contributed by atoms with E-state index in [1.165, 1.54) is 0 Å². The number of para-hydroxylation sites is 2. The van der Waals surface area contributed by atoms with Gasteiger partial charge in [-0.3, -0.25) is 9.89 Å². The minimum Gasteiger partial charge on any atom is -0.493 e. The maximum absolute atomic E-state index is 13.4.